The van der Waals surface area contributed by atoms with Gasteiger partial charge in [-0.3, -0.25) is 0 Å². The van der Waals surface area contributed by atoms with Crippen LogP contribution in [0.1, 0.15) is 24.5 Å². The molecule has 0 radical (unpaired) electrons. The van der Waals surface area contributed by atoms with E-state index in [9.17, 15) is 0 Å². The second kappa shape index (κ2) is 10.9. The number of benzene rings is 2. The summed E-state index contributed by atoms with van der Waals surface area (Å²) in [5.41, 5.74) is 2.49. The zero-order valence-corrected chi connectivity index (χ0v) is 14.7. The van der Waals surface area contributed by atoms with Crippen LogP contribution in [0.15, 0.2) is 48.5 Å². The monoisotopic (exact) mass is 335 g/mol. The molecular formula is C19H26ClNO2. The van der Waals surface area contributed by atoms with Gasteiger partial charge in [0.05, 0.1) is 13.7 Å². The van der Waals surface area contributed by atoms with Crippen LogP contribution in [0.2, 0.25) is 0 Å². The maximum Gasteiger partial charge on any atom is 0.161 e. The Labute approximate surface area is 145 Å². The van der Waals surface area contributed by atoms with Crippen LogP contribution < -0.4 is 14.8 Å². The molecule has 0 spiro atoms. The summed E-state index contributed by atoms with van der Waals surface area (Å²) in [5, 5.41) is 3.39. The van der Waals surface area contributed by atoms with Crippen LogP contribution in [-0.2, 0) is 13.0 Å². The van der Waals surface area contributed by atoms with Gasteiger partial charge in [0, 0.05) is 13.0 Å². The van der Waals surface area contributed by atoms with E-state index in [0.717, 1.165) is 37.4 Å². The summed E-state index contributed by atoms with van der Waals surface area (Å²) < 4.78 is 11.3. The van der Waals surface area contributed by atoms with Crippen molar-refractivity contribution >= 4 is 12.4 Å². The van der Waals surface area contributed by atoms with Crippen LogP contribution in [0.5, 0.6) is 11.5 Å². The molecule has 1 N–H and O–H groups in total. The van der Waals surface area contributed by atoms with Crippen molar-refractivity contribution in [3.05, 3.63) is 59.7 Å². The molecule has 2 rings (SSSR count). The number of rotatable bonds is 9. The van der Waals surface area contributed by atoms with Gasteiger partial charge < -0.3 is 14.8 Å². The van der Waals surface area contributed by atoms with Crippen molar-refractivity contribution in [2.75, 3.05) is 20.3 Å². The summed E-state index contributed by atoms with van der Waals surface area (Å²) >= 11 is 0. The molecule has 0 aliphatic rings. The number of methoxy groups -OCH3 is 1. The molecule has 0 atom stereocenters. The van der Waals surface area contributed by atoms with Crippen molar-refractivity contribution in [1.82, 2.24) is 5.32 Å². The minimum Gasteiger partial charge on any atom is -0.493 e. The molecule has 0 fully saturated rings. The van der Waals surface area contributed by atoms with E-state index in [0.29, 0.717) is 6.61 Å². The zero-order chi connectivity index (χ0) is 15.6. The lowest BCUT2D eigenvalue weighted by molar-refractivity contribution is 0.297. The fraction of sp³-hybridized carbons (Fsp3) is 0.368. The Morgan fingerprint density at radius 2 is 1.74 bits per heavy atom. The van der Waals surface area contributed by atoms with Gasteiger partial charge in [0.1, 0.15) is 0 Å². The van der Waals surface area contributed by atoms with Crippen molar-refractivity contribution in [3.63, 3.8) is 0 Å². The fourth-order valence-electron chi connectivity index (χ4n) is 2.27. The highest BCUT2D eigenvalue weighted by Gasteiger charge is 2.06. The lowest BCUT2D eigenvalue weighted by Gasteiger charge is -2.12. The number of hydrogen-bond donors (Lipinski definition) is 1. The number of nitrogens with one attached hydrogen (secondary N) is 1. The van der Waals surface area contributed by atoms with Gasteiger partial charge in [0.2, 0.25) is 0 Å². The molecular weight excluding hydrogens is 310 g/mol. The van der Waals surface area contributed by atoms with Gasteiger partial charge in [0.25, 0.3) is 0 Å². The third-order valence-corrected chi connectivity index (χ3v) is 3.48. The second-order valence-corrected chi connectivity index (χ2v) is 5.25. The van der Waals surface area contributed by atoms with Gasteiger partial charge in [-0.05, 0) is 36.2 Å². The van der Waals surface area contributed by atoms with Crippen LogP contribution in [0.3, 0.4) is 0 Å². The van der Waals surface area contributed by atoms with Gasteiger partial charge in [-0.1, -0.05) is 43.3 Å². The molecule has 0 saturated heterocycles. The number of hydrogen-bond acceptors (Lipinski definition) is 3. The molecule has 4 heteroatoms. The van der Waals surface area contributed by atoms with Gasteiger partial charge in [-0.2, -0.15) is 0 Å². The van der Waals surface area contributed by atoms with Crippen molar-refractivity contribution < 1.29 is 9.47 Å². The third kappa shape index (κ3) is 6.51. The maximum atomic E-state index is 5.87. The van der Waals surface area contributed by atoms with E-state index in [-0.39, 0.29) is 12.4 Å². The molecule has 2 aromatic rings. The Hall–Kier alpha value is -1.71. The minimum absolute atomic E-state index is 0. The second-order valence-electron chi connectivity index (χ2n) is 5.25. The third-order valence-electron chi connectivity index (χ3n) is 3.48. The average molecular weight is 336 g/mol. The molecule has 0 saturated carbocycles. The summed E-state index contributed by atoms with van der Waals surface area (Å²) in [6, 6.07) is 16.5. The van der Waals surface area contributed by atoms with Gasteiger partial charge in [-0.25, -0.2) is 0 Å². The normalized spacial score (nSPS) is 10.0. The van der Waals surface area contributed by atoms with Crippen LogP contribution in [0.4, 0.5) is 0 Å². The van der Waals surface area contributed by atoms with E-state index in [4.69, 9.17) is 9.47 Å². The smallest absolute Gasteiger partial charge is 0.161 e. The molecule has 0 amide bonds. The predicted octanol–water partition coefficient (Wildman–Crippen LogP) is 4.24. The van der Waals surface area contributed by atoms with Crippen LogP contribution >= 0.6 is 12.4 Å². The summed E-state index contributed by atoms with van der Waals surface area (Å²) in [6.07, 6.45) is 2.03. The van der Waals surface area contributed by atoms with Gasteiger partial charge in [-0.15, -0.1) is 12.4 Å². The fourth-order valence-corrected chi connectivity index (χ4v) is 2.27. The van der Waals surface area contributed by atoms with Crippen molar-refractivity contribution in [3.8, 4) is 11.5 Å². The molecule has 0 bridgehead atoms. The molecule has 126 valence electrons. The molecule has 0 aliphatic heterocycles. The average Bonchev–Trinajstić information content (AvgIpc) is 2.57. The van der Waals surface area contributed by atoms with E-state index >= 15 is 0 Å². The van der Waals surface area contributed by atoms with E-state index in [2.05, 4.69) is 30.4 Å². The Bertz CT molecular complexity index is 561. The van der Waals surface area contributed by atoms with Crippen molar-refractivity contribution in [1.29, 1.82) is 0 Å². The highest BCUT2D eigenvalue weighted by molar-refractivity contribution is 5.85. The predicted molar refractivity (Wildman–Crippen MR) is 97.9 cm³/mol. The number of halogens is 1. The van der Waals surface area contributed by atoms with E-state index in [1.807, 2.05) is 30.3 Å². The Balaban J connectivity index is 0.00000264. The molecule has 0 aromatic heterocycles. The molecule has 0 aliphatic carbocycles. The van der Waals surface area contributed by atoms with Crippen LogP contribution in [0, 0.1) is 0 Å². The lowest BCUT2D eigenvalue weighted by Crippen LogP contribution is -2.13. The standard InChI is InChI=1S/C19H25NO2.ClH/c1-3-12-20-15-17-9-10-18(19(14-17)21-2)22-13-11-16-7-5-4-6-8-16;/h4-10,14,20H,3,11-13,15H2,1-2H3;1H. The first kappa shape index (κ1) is 19.3. The van der Waals surface area contributed by atoms with Crippen LogP contribution in [0.25, 0.3) is 0 Å². The first-order valence-corrected chi connectivity index (χ1v) is 7.88. The summed E-state index contributed by atoms with van der Waals surface area (Å²) in [5.74, 6) is 1.60. The molecule has 2 aromatic carbocycles. The first-order valence-electron chi connectivity index (χ1n) is 7.88. The molecule has 3 nitrogen and oxygen atoms in total. The van der Waals surface area contributed by atoms with E-state index < -0.39 is 0 Å². The molecule has 23 heavy (non-hydrogen) atoms. The largest absolute Gasteiger partial charge is 0.493 e. The quantitative estimate of drug-likeness (QED) is 0.695. The lowest BCUT2D eigenvalue weighted by atomic mass is 10.1. The summed E-state index contributed by atoms with van der Waals surface area (Å²) in [4.78, 5) is 0. The number of ether oxygens (including phenoxy) is 2. The topological polar surface area (TPSA) is 30.5 Å². The van der Waals surface area contributed by atoms with Gasteiger partial charge in [0.15, 0.2) is 11.5 Å². The zero-order valence-electron chi connectivity index (χ0n) is 13.9. The van der Waals surface area contributed by atoms with Crippen molar-refractivity contribution in [2.45, 2.75) is 26.3 Å². The Morgan fingerprint density at radius 1 is 0.957 bits per heavy atom. The molecule has 0 unspecified atom stereocenters. The van der Waals surface area contributed by atoms with E-state index in [1.165, 1.54) is 11.1 Å². The minimum atomic E-state index is 0. The van der Waals surface area contributed by atoms with Crippen molar-refractivity contribution in [2.24, 2.45) is 0 Å². The summed E-state index contributed by atoms with van der Waals surface area (Å²) in [6.45, 7) is 4.69. The first-order chi connectivity index (χ1) is 10.8. The van der Waals surface area contributed by atoms with E-state index in [1.54, 1.807) is 7.11 Å². The molecule has 0 heterocycles. The maximum absolute atomic E-state index is 5.87. The Kier molecular flexibility index (Phi) is 9.18. The SMILES string of the molecule is CCCNCc1ccc(OCCc2ccccc2)c(OC)c1.Cl. The highest BCUT2D eigenvalue weighted by Crippen LogP contribution is 2.28. The highest BCUT2D eigenvalue weighted by atomic mass is 35.5. The van der Waals surface area contributed by atoms with Gasteiger partial charge >= 0.3 is 0 Å². The van der Waals surface area contributed by atoms with Crippen LogP contribution in [-0.4, -0.2) is 20.3 Å². The Morgan fingerprint density at radius 3 is 2.43 bits per heavy atom. The summed E-state index contributed by atoms with van der Waals surface area (Å²) in [7, 11) is 1.68.